The van der Waals surface area contributed by atoms with Gasteiger partial charge in [-0.15, -0.1) is 0 Å². The number of amides is 1. The number of benzene rings is 2. The summed E-state index contributed by atoms with van der Waals surface area (Å²) in [6.45, 7) is 2.76. The molecule has 2 aliphatic rings. The van der Waals surface area contributed by atoms with Crippen LogP contribution in [-0.4, -0.2) is 42.2 Å². The maximum absolute atomic E-state index is 14.0. The van der Waals surface area contributed by atoms with E-state index in [1.54, 1.807) is 24.3 Å². The molecule has 0 saturated carbocycles. The zero-order chi connectivity index (χ0) is 18.8. The monoisotopic (exact) mass is 401 g/mol. The van der Waals surface area contributed by atoms with Crippen molar-refractivity contribution in [3.05, 3.63) is 69.8 Å². The molecule has 2 aromatic rings. The number of nitrogens with zero attached hydrogens (tertiary/aromatic N) is 3. The molecular weight excluding hydrogens is 385 g/mol. The van der Waals surface area contributed by atoms with Crippen LogP contribution in [0.4, 0.5) is 10.1 Å². The first-order valence-electron chi connectivity index (χ1n) is 8.63. The zero-order valence-corrected chi connectivity index (χ0v) is 16.0. The molecule has 0 radical (unpaired) electrons. The molecular formula is C20H17ClFN3OS. The molecule has 4 rings (SSSR count). The van der Waals surface area contributed by atoms with E-state index in [4.69, 9.17) is 11.6 Å². The first kappa shape index (κ1) is 18.1. The summed E-state index contributed by atoms with van der Waals surface area (Å²) in [7, 11) is 0. The average molecular weight is 402 g/mol. The molecule has 0 aromatic heterocycles. The van der Waals surface area contributed by atoms with Gasteiger partial charge < -0.3 is 9.80 Å². The summed E-state index contributed by atoms with van der Waals surface area (Å²) in [6, 6.07) is 14.1. The van der Waals surface area contributed by atoms with E-state index in [9.17, 15) is 9.18 Å². The molecule has 0 N–H and O–H groups in total. The fourth-order valence-corrected chi connectivity index (χ4v) is 4.18. The highest BCUT2D eigenvalue weighted by molar-refractivity contribution is 8.18. The van der Waals surface area contributed by atoms with E-state index in [0.717, 1.165) is 5.56 Å². The van der Waals surface area contributed by atoms with Gasteiger partial charge in [-0.05, 0) is 47.7 Å². The van der Waals surface area contributed by atoms with Gasteiger partial charge in [-0.25, -0.2) is 4.39 Å². The second-order valence-electron chi connectivity index (χ2n) is 6.29. The molecule has 2 heterocycles. The second kappa shape index (κ2) is 7.74. The fourth-order valence-electron chi connectivity index (χ4n) is 3.09. The van der Waals surface area contributed by atoms with Crippen LogP contribution in [0.3, 0.4) is 0 Å². The number of rotatable bonds is 2. The van der Waals surface area contributed by atoms with Crippen LogP contribution in [0.15, 0.2) is 58.4 Å². The van der Waals surface area contributed by atoms with Gasteiger partial charge in [-0.3, -0.25) is 4.79 Å². The van der Waals surface area contributed by atoms with Crippen LogP contribution in [0.2, 0.25) is 5.02 Å². The Bertz CT molecular complexity index is 921. The molecule has 2 aliphatic heterocycles. The minimum Gasteiger partial charge on any atom is -0.366 e. The lowest BCUT2D eigenvalue weighted by molar-refractivity contribution is -0.113. The number of amidine groups is 1. The summed E-state index contributed by atoms with van der Waals surface area (Å²) in [5.41, 5.74) is 1.54. The lowest BCUT2D eigenvalue weighted by Crippen LogP contribution is -2.48. The Morgan fingerprint density at radius 1 is 1.00 bits per heavy atom. The quantitative estimate of drug-likeness (QED) is 0.704. The predicted octanol–water partition coefficient (Wildman–Crippen LogP) is 4.27. The SMILES string of the molecule is O=C1N=C(N2CCN(c3ccccc3F)CC2)SC1=Cc1ccc(Cl)cc1. The molecule has 0 spiro atoms. The standard InChI is InChI=1S/C20H17ClFN3OS/c21-15-7-5-14(6-8-15)13-18-19(26)23-20(27-18)25-11-9-24(10-12-25)17-4-2-1-3-16(17)22/h1-8,13H,9-12H2. The van der Waals surface area contributed by atoms with Crippen molar-refractivity contribution in [3.8, 4) is 0 Å². The van der Waals surface area contributed by atoms with Gasteiger partial charge in [0.1, 0.15) is 5.82 Å². The number of hydrogen-bond acceptors (Lipinski definition) is 4. The molecule has 0 unspecified atom stereocenters. The van der Waals surface area contributed by atoms with E-state index in [-0.39, 0.29) is 11.7 Å². The van der Waals surface area contributed by atoms with Gasteiger partial charge in [0, 0.05) is 31.2 Å². The molecule has 27 heavy (non-hydrogen) atoms. The van der Waals surface area contributed by atoms with Crippen LogP contribution in [0.5, 0.6) is 0 Å². The van der Waals surface area contributed by atoms with Gasteiger partial charge in [0.2, 0.25) is 0 Å². The molecule has 1 amide bonds. The summed E-state index contributed by atoms with van der Waals surface area (Å²) in [5.74, 6) is -0.427. The number of halogens is 2. The first-order valence-corrected chi connectivity index (χ1v) is 9.82. The zero-order valence-electron chi connectivity index (χ0n) is 14.4. The van der Waals surface area contributed by atoms with Gasteiger partial charge in [0.15, 0.2) is 5.17 Å². The van der Waals surface area contributed by atoms with Crippen molar-refractivity contribution in [2.45, 2.75) is 0 Å². The summed E-state index contributed by atoms with van der Waals surface area (Å²) < 4.78 is 14.0. The molecule has 1 fully saturated rings. The van der Waals surface area contributed by atoms with E-state index in [1.165, 1.54) is 17.8 Å². The van der Waals surface area contributed by atoms with Crippen molar-refractivity contribution in [1.82, 2.24) is 4.90 Å². The van der Waals surface area contributed by atoms with Gasteiger partial charge in [-0.1, -0.05) is 35.9 Å². The number of para-hydroxylation sites is 1. The molecule has 0 bridgehead atoms. The van der Waals surface area contributed by atoms with Crippen molar-refractivity contribution >= 4 is 46.2 Å². The lowest BCUT2D eigenvalue weighted by atomic mass is 10.2. The number of piperazine rings is 1. The van der Waals surface area contributed by atoms with Gasteiger partial charge in [-0.2, -0.15) is 4.99 Å². The highest BCUT2D eigenvalue weighted by atomic mass is 35.5. The van der Waals surface area contributed by atoms with Crippen LogP contribution in [0.25, 0.3) is 6.08 Å². The smallest absolute Gasteiger partial charge is 0.286 e. The summed E-state index contributed by atoms with van der Waals surface area (Å²) in [5, 5.41) is 1.38. The van der Waals surface area contributed by atoms with E-state index >= 15 is 0 Å². The highest BCUT2D eigenvalue weighted by Gasteiger charge is 2.28. The van der Waals surface area contributed by atoms with Crippen molar-refractivity contribution < 1.29 is 9.18 Å². The molecule has 1 saturated heterocycles. The Balaban J connectivity index is 1.41. The topological polar surface area (TPSA) is 35.9 Å². The number of anilines is 1. The van der Waals surface area contributed by atoms with E-state index < -0.39 is 0 Å². The maximum Gasteiger partial charge on any atom is 0.286 e. The third kappa shape index (κ3) is 4.01. The van der Waals surface area contributed by atoms with Crippen molar-refractivity contribution in [1.29, 1.82) is 0 Å². The number of thioether (sulfide) groups is 1. The summed E-state index contributed by atoms with van der Waals surface area (Å²) in [6.07, 6.45) is 1.83. The third-order valence-electron chi connectivity index (χ3n) is 4.52. The molecule has 7 heteroatoms. The molecule has 2 aromatic carbocycles. The lowest BCUT2D eigenvalue weighted by Gasteiger charge is -2.36. The van der Waals surface area contributed by atoms with Crippen LogP contribution < -0.4 is 4.90 Å². The Labute approximate surface area is 166 Å². The average Bonchev–Trinajstić information content (AvgIpc) is 3.05. The summed E-state index contributed by atoms with van der Waals surface area (Å²) in [4.78, 5) is 21.2. The molecule has 138 valence electrons. The Kier molecular flexibility index (Phi) is 5.18. The highest BCUT2D eigenvalue weighted by Crippen LogP contribution is 2.31. The molecule has 4 nitrogen and oxygen atoms in total. The van der Waals surface area contributed by atoms with E-state index in [1.807, 2.05) is 29.2 Å². The molecule has 0 atom stereocenters. The number of carbonyl (C=O) groups excluding carboxylic acids is 1. The van der Waals surface area contributed by atoms with Gasteiger partial charge in [0.05, 0.1) is 10.6 Å². The normalized spacial score (nSPS) is 19.0. The van der Waals surface area contributed by atoms with Gasteiger partial charge >= 0.3 is 0 Å². The number of aliphatic imine (C=N–C) groups is 1. The van der Waals surface area contributed by atoms with E-state index in [2.05, 4.69) is 9.89 Å². The Morgan fingerprint density at radius 2 is 1.67 bits per heavy atom. The van der Waals surface area contributed by atoms with Crippen LogP contribution in [-0.2, 0) is 4.79 Å². The number of carbonyl (C=O) groups is 1. The van der Waals surface area contributed by atoms with Crippen LogP contribution >= 0.6 is 23.4 Å². The van der Waals surface area contributed by atoms with Crippen molar-refractivity contribution in [3.63, 3.8) is 0 Å². The number of hydrogen-bond donors (Lipinski definition) is 0. The second-order valence-corrected chi connectivity index (χ2v) is 7.73. The Hall–Kier alpha value is -2.31. The fraction of sp³-hybridized carbons (Fsp3) is 0.200. The minimum absolute atomic E-state index is 0.207. The largest absolute Gasteiger partial charge is 0.366 e. The first-order chi connectivity index (χ1) is 13.1. The summed E-state index contributed by atoms with van der Waals surface area (Å²) >= 11 is 7.28. The van der Waals surface area contributed by atoms with Crippen LogP contribution in [0.1, 0.15) is 5.56 Å². The van der Waals surface area contributed by atoms with Crippen LogP contribution in [0, 0.1) is 5.82 Å². The third-order valence-corrected chi connectivity index (χ3v) is 5.82. The van der Waals surface area contributed by atoms with Crippen molar-refractivity contribution in [2.75, 3.05) is 31.1 Å². The Morgan fingerprint density at radius 3 is 2.37 bits per heavy atom. The minimum atomic E-state index is -0.221. The maximum atomic E-state index is 14.0. The van der Waals surface area contributed by atoms with E-state index in [0.29, 0.717) is 47.0 Å². The van der Waals surface area contributed by atoms with Gasteiger partial charge in [0.25, 0.3) is 5.91 Å². The van der Waals surface area contributed by atoms with Crippen molar-refractivity contribution in [2.24, 2.45) is 4.99 Å². The predicted molar refractivity (Wildman–Crippen MR) is 110 cm³/mol. The molecule has 0 aliphatic carbocycles.